The Kier molecular flexibility index (Phi) is 9.97. The number of aryl methyl sites for hydroxylation is 1. The van der Waals surface area contributed by atoms with E-state index in [4.69, 9.17) is 18.9 Å². The first-order chi connectivity index (χ1) is 22.5. The monoisotopic (exact) mass is 648 g/mol. The molecule has 2 saturated heterocycles. The number of β-amino-alcohol motifs (C(OH)–C–C–N with tert-alkyl or cyclic N) is 1. The molecular weight excluding hydrogens is 600 g/mol. The van der Waals surface area contributed by atoms with Gasteiger partial charge in [-0.25, -0.2) is 9.97 Å². The van der Waals surface area contributed by atoms with Gasteiger partial charge in [0.25, 0.3) is 5.91 Å². The summed E-state index contributed by atoms with van der Waals surface area (Å²) in [6.07, 6.45) is 1.56. The number of carbonyl (C=O) groups excluding carboxylic acids is 1. The molecule has 1 amide bonds. The first-order valence-electron chi connectivity index (χ1n) is 16.6. The van der Waals surface area contributed by atoms with Gasteiger partial charge in [0.2, 0.25) is 5.95 Å². The van der Waals surface area contributed by atoms with Gasteiger partial charge in [0, 0.05) is 64.0 Å². The van der Waals surface area contributed by atoms with Crippen molar-refractivity contribution in [2.24, 2.45) is 0 Å². The zero-order chi connectivity index (χ0) is 33.1. The second-order valence-electron chi connectivity index (χ2n) is 13.8. The molecule has 3 aliphatic heterocycles. The lowest BCUT2D eigenvalue weighted by atomic mass is 9.94. The third-order valence-corrected chi connectivity index (χ3v) is 9.34. The number of hydrogen-bond acceptors (Lipinski definition) is 12. The minimum atomic E-state index is -0.731. The molecule has 13 heteroatoms. The number of nitrogens with zero attached hydrogens (tertiary/aromatic N) is 6. The Balaban J connectivity index is 1.03. The number of piperazine rings is 1. The number of aromatic nitrogens is 3. The molecule has 0 bridgehead atoms. The number of amides is 1. The summed E-state index contributed by atoms with van der Waals surface area (Å²) in [5.74, 6) is 2.39. The van der Waals surface area contributed by atoms with Gasteiger partial charge in [-0.15, -0.1) is 0 Å². The van der Waals surface area contributed by atoms with Crippen LogP contribution in [0.15, 0.2) is 29.0 Å². The van der Waals surface area contributed by atoms with E-state index in [-0.39, 0.29) is 29.7 Å². The van der Waals surface area contributed by atoms with Gasteiger partial charge in [0.05, 0.1) is 31.1 Å². The van der Waals surface area contributed by atoms with Crippen LogP contribution in [-0.2, 0) is 24.3 Å². The zero-order valence-electron chi connectivity index (χ0n) is 28.2. The topological polar surface area (TPSA) is 141 Å². The van der Waals surface area contributed by atoms with Crippen LogP contribution in [0.5, 0.6) is 5.75 Å². The normalized spacial score (nSPS) is 18.4. The summed E-state index contributed by atoms with van der Waals surface area (Å²) in [7, 11) is 0. The summed E-state index contributed by atoms with van der Waals surface area (Å²) in [5.41, 5.74) is 4.85. The van der Waals surface area contributed by atoms with Gasteiger partial charge < -0.3 is 34.5 Å². The minimum Gasteiger partial charge on any atom is -0.485 e. The van der Waals surface area contributed by atoms with Gasteiger partial charge in [-0.2, -0.15) is 4.98 Å². The van der Waals surface area contributed by atoms with Crippen LogP contribution in [0.25, 0.3) is 0 Å². The highest BCUT2D eigenvalue weighted by Crippen LogP contribution is 2.30. The maximum absolute atomic E-state index is 13.3. The third-order valence-electron chi connectivity index (χ3n) is 9.34. The van der Waals surface area contributed by atoms with Crippen LogP contribution in [0.3, 0.4) is 0 Å². The van der Waals surface area contributed by atoms with Crippen LogP contribution < -0.4 is 20.3 Å². The molecule has 3 N–H and O–H groups in total. The number of nitrogens with one attached hydrogen (secondary N) is 2. The average molecular weight is 649 g/mol. The molecule has 5 heterocycles. The number of rotatable bonds is 11. The van der Waals surface area contributed by atoms with Crippen LogP contribution >= 0.6 is 0 Å². The first-order valence-corrected chi connectivity index (χ1v) is 16.6. The summed E-state index contributed by atoms with van der Waals surface area (Å²) in [5, 5.41) is 17.2. The van der Waals surface area contributed by atoms with Gasteiger partial charge >= 0.3 is 0 Å². The third kappa shape index (κ3) is 8.03. The van der Waals surface area contributed by atoms with Crippen molar-refractivity contribution in [3.8, 4) is 5.75 Å². The molecule has 0 unspecified atom stereocenters. The first kappa shape index (κ1) is 33.1. The fourth-order valence-corrected chi connectivity index (χ4v) is 6.33. The lowest BCUT2D eigenvalue weighted by molar-refractivity contribution is 0.0209. The molecule has 0 saturated carbocycles. The molecule has 1 aromatic carbocycles. The van der Waals surface area contributed by atoms with Crippen LogP contribution in [0.4, 0.5) is 11.8 Å². The minimum absolute atomic E-state index is 0.0973. The molecule has 0 radical (unpaired) electrons. The van der Waals surface area contributed by atoms with Crippen LogP contribution in [0.2, 0.25) is 0 Å². The van der Waals surface area contributed by atoms with Crippen LogP contribution in [-0.4, -0.2) is 112 Å². The van der Waals surface area contributed by atoms with E-state index in [1.165, 1.54) is 17.5 Å². The fourth-order valence-electron chi connectivity index (χ4n) is 6.33. The summed E-state index contributed by atoms with van der Waals surface area (Å²) in [4.78, 5) is 33.7. The van der Waals surface area contributed by atoms with Crippen molar-refractivity contribution in [3.05, 3.63) is 58.4 Å². The summed E-state index contributed by atoms with van der Waals surface area (Å²) < 4.78 is 16.8. The Morgan fingerprint density at radius 3 is 2.60 bits per heavy atom. The number of fused-ring (bicyclic) bond motifs is 1. The standard InChI is InChI=1S/C34H48N8O5/c1-22-27-8-9-40(16-24(27)6-7-29(22)46-20-30-23(2)36-21-47-30)17-26(43)15-35-32(44)28-14-31(37-25-18-45-19-25)39-33(38-28)41-10-12-42(13-11-41)34(3,4)5/h6-7,14,21,25-26,43H,8-13,15-20H2,1-5H3,(H,35,44)(H,37,38,39)/t26-/m0/s1. The van der Waals surface area contributed by atoms with Crippen molar-refractivity contribution in [1.29, 1.82) is 0 Å². The molecule has 3 aromatic rings. The predicted molar refractivity (Wildman–Crippen MR) is 178 cm³/mol. The zero-order valence-corrected chi connectivity index (χ0v) is 28.2. The van der Waals surface area contributed by atoms with E-state index in [0.717, 1.165) is 68.5 Å². The number of benzene rings is 1. The van der Waals surface area contributed by atoms with Crippen molar-refractivity contribution in [2.45, 2.75) is 71.9 Å². The molecule has 47 heavy (non-hydrogen) atoms. The molecule has 0 aliphatic carbocycles. The highest BCUT2D eigenvalue weighted by Gasteiger charge is 2.29. The molecule has 6 rings (SSSR count). The van der Waals surface area contributed by atoms with Crippen molar-refractivity contribution in [2.75, 3.05) is 69.2 Å². The molecule has 13 nitrogen and oxygen atoms in total. The molecule has 254 valence electrons. The van der Waals surface area contributed by atoms with Crippen molar-refractivity contribution < 1.29 is 23.8 Å². The van der Waals surface area contributed by atoms with Gasteiger partial charge in [-0.05, 0) is 63.8 Å². The van der Waals surface area contributed by atoms with E-state index in [9.17, 15) is 9.90 Å². The second-order valence-corrected chi connectivity index (χ2v) is 13.8. The fraction of sp³-hybridized carbons (Fsp3) is 0.588. The van der Waals surface area contributed by atoms with Crippen molar-refractivity contribution >= 4 is 17.7 Å². The summed E-state index contributed by atoms with van der Waals surface area (Å²) >= 11 is 0. The number of anilines is 2. The molecule has 3 aliphatic rings. The van der Waals surface area contributed by atoms with Crippen LogP contribution in [0.1, 0.15) is 59.4 Å². The SMILES string of the molecule is Cc1ncoc1COc1ccc2c(c1C)CCN(C[C@@H](O)CNC(=O)c1cc(NC3COC3)nc(N3CCN(C(C)(C)C)CC3)n1)C2. The highest BCUT2D eigenvalue weighted by atomic mass is 16.5. The summed E-state index contributed by atoms with van der Waals surface area (Å²) in [6.45, 7) is 17.7. The number of aliphatic hydroxyl groups is 1. The molecule has 2 aromatic heterocycles. The maximum atomic E-state index is 13.3. The van der Waals surface area contributed by atoms with E-state index < -0.39 is 6.10 Å². The van der Waals surface area contributed by atoms with Gasteiger partial charge in [-0.1, -0.05) is 6.07 Å². The van der Waals surface area contributed by atoms with Gasteiger partial charge in [0.1, 0.15) is 23.9 Å². The molecular formula is C34H48N8O5. The lowest BCUT2D eigenvalue weighted by Crippen LogP contribution is -2.53. The highest BCUT2D eigenvalue weighted by molar-refractivity contribution is 5.93. The Labute approximate surface area is 276 Å². The largest absolute Gasteiger partial charge is 0.485 e. The van der Waals surface area contributed by atoms with Gasteiger partial charge in [0.15, 0.2) is 12.2 Å². The maximum Gasteiger partial charge on any atom is 0.270 e. The Hall–Kier alpha value is -3.78. The number of aliphatic hydroxyl groups excluding tert-OH is 1. The predicted octanol–water partition coefficient (Wildman–Crippen LogP) is 2.54. The number of hydrogen-bond donors (Lipinski definition) is 3. The molecule has 0 spiro atoms. The van der Waals surface area contributed by atoms with Crippen molar-refractivity contribution in [1.82, 2.24) is 30.1 Å². The summed E-state index contributed by atoms with van der Waals surface area (Å²) in [6, 6.07) is 5.95. The molecule has 2 fully saturated rings. The smallest absolute Gasteiger partial charge is 0.270 e. The number of carbonyl (C=O) groups is 1. The van der Waals surface area contributed by atoms with E-state index in [0.29, 0.717) is 38.1 Å². The van der Waals surface area contributed by atoms with E-state index in [1.807, 2.05) is 13.0 Å². The van der Waals surface area contributed by atoms with Crippen molar-refractivity contribution in [3.63, 3.8) is 0 Å². The van der Waals surface area contributed by atoms with E-state index >= 15 is 0 Å². The molecule has 1 atom stereocenters. The average Bonchev–Trinajstić information content (AvgIpc) is 3.45. The van der Waals surface area contributed by atoms with Crippen LogP contribution in [0, 0.1) is 13.8 Å². The van der Waals surface area contributed by atoms with Gasteiger partial charge in [-0.3, -0.25) is 14.6 Å². The quantitative estimate of drug-likeness (QED) is 0.281. The lowest BCUT2D eigenvalue weighted by Gasteiger charge is -2.42. The Morgan fingerprint density at radius 2 is 1.91 bits per heavy atom. The van der Waals surface area contributed by atoms with E-state index in [2.05, 4.69) is 69.1 Å². The second kappa shape index (κ2) is 14.1. The number of oxazole rings is 1. The Morgan fingerprint density at radius 1 is 1.13 bits per heavy atom. The Bertz CT molecular complexity index is 1540. The number of ether oxygens (including phenoxy) is 2. The van der Waals surface area contributed by atoms with E-state index in [1.54, 1.807) is 6.07 Å².